The van der Waals surface area contributed by atoms with Gasteiger partial charge in [-0.2, -0.15) is 5.10 Å². The van der Waals surface area contributed by atoms with Crippen LogP contribution in [-0.2, 0) is 12.8 Å². The largest absolute Gasteiger partial charge is 0.399 e. The Hall–Kier alpha value is -3.77. The summed E-state index contributed by atoms with van der Waals surface area (Å²) >= 11 is 0. The second-order valence-corrected chi connectivity index (χ2v) is 8.13. The van der Waals surface area contributed by atoms with Gasteiger partial charge < -0.3 is 10.8 Å². The molecule has 3 N–H and O–H groups in total. The molecule has 168 valence electrons. The Balaban J connectivity index is 1.63. The van der Waals surface area contributed by atoms with Crippen molar-refractivity contribution in [3.05, 3.63) is 112 Å². The third kappa shape index (κ3) is 4.86. The lowest BCUT2D eigenvalue weighted by atomic mass is 9.97. The monoisotopic (exact) mass is 443 g/mol. The molecular weight excluding hydrogens is 417 g/mol. The summed E-state index contributed by atoms with van der Waals surface area (Å²) in [6.45, 7) is 3.88. The topological polar surface area (TPSA) is 81.1 Å². The van der Waals surface area contributed by atoms with E-state index in [-0.39, 0.29) is 17.8 Å². The highest BCUT2D eigenvalue weighted by Crippen LogP contribution is 2.26. The van der Waals surface area contributed by atoms with Crippen LogP contribution < -0.4 is 5.73 Å². The molecule has 33 heavy (non-hydrogen) atoms. The lowest BCUT2D eigenvalue weighted by molar-refractivity contribution is 0.0984. The first kappa shape index (κ1) is 22.4. The lowest BCUT2D eigenvalue weighted by Gasteiger charge is -2.14. The van der Waals surface area contributed by atoms with Crippen LogP contribution in [0.4, 0.5) is 10.1 Å². The first-order chi connectivity index (χ1) is 15.9. The van der Waals surface area contributed by atoms with Crippen molar-refractivity contribution < 1.29 is 14.3 Å². The molecule has 0 amide bonds. The van der Waals surface area contributed by atoms with E-state index in [0.29, 0.717) is 28.2 Å². The molecule has 0 fully saturated rings. The minimum absolute atomic E-state index is 0.146. The summed E-state index contributed by atoms with van der Waals surface area (Å²) in [7, 11) is 0. The van der Waals surface area contributed by atoms with Crippen molar-refractivity contribution in [3.63, 3.8) is 0 Å². The molecule has 0 spiro atoms. The third-order valence-corrected chi connectivity index (χ3v) is 5.67. The van der Waals surface area contributed by atoms with Crippen LogP contribution in [0.2, 0.25) is 0 Å². The molecule has 1 unspecified atom stereocenters. The molecule has 5 nitrogen and oxygen atoms in total. The van der Waals surface area contributed by atoms with Gasteiger partial charge in [0.25, 0.3) is 0 Å². The van der Waals surface area contributed by atoms with Crippen LogP contribution >= 0.6 is 0 Å². The number of aliphatic hydroxyl groups is 1. The normalized spacial score (nSPS) is 12.0. The number of nitrogens with zero attached hydrogens (tertiary/aromatic N) is 2. The average molecular weight is 444 g/mol. The predicted octanol–water partition coefficient (Wildman–Crippen LogP) is 4.97. The van der Waals surface area contributed by atoms with Crippen molar-refractivity contribution in [1.29, 1.82) is 0 Å². The van der Waals surface area contributed by atoms with E-state index in [0.717, 1.165) is 17.7 Å². The van der Waals surface area contributed by atoms with E-state index in [2.05, 4.69) is 12.0 Å². The van der Waals surface area contributed by atoms with Gasteiger partial charge in [-0.05, 0) is 78.1 Å². The van der Waals surface area contributed by atoms with E-state index >= 15 is 0 Å². The first-order valence-electron chi connectivity index (χ1n) is 10.9. The molecule has 6 heteroatoms. The standard InChI is InChI=1S/C27H26FN3O2/c1-3-18-5-4-6-23(14-18)31-25(13-17(2)30-31)26(32)16-21-15-20(9-12-24(21)28)27(33)19-7-10-22(29)11-8-19/h4-15,27,33H,3,16,29H2,1-2H3. The number of hydrogen-bond donors (Lipinski definition) is 2. The van der Waals surface area contributed by atoms with E-state index in [9.17, 15) is 14.3 Å². The molecule has 4 rings (SSSR count). The number of halogens is 1. The number of Topliss-reactive ketones (excluding diaryl/α,β-unsaturated/α-hetero) is 1. The fourth-order valence-electron chi connectivity index (χ4n) is 3.84. The molecular formula is C27H26FN3O2. The maximum atomic E-state index is 14.6. The predicted molar refractivity (Wildman–Crippen MR) is 127 cm³/mol. The fourth-order valence-corrected chi connectivity index (χ4v) is 3.84. The molecule has 0 bridgehead atoms. The molecule has 0 saturated heterocycles. The highest BCUT2D eigenvalue weighted by molar-refractivity contribution is 5.96. The van der Waals surface area contributed by atoms with Gasteiger partial charge in [-0.15, -0.1) is 0 Å². The van der Waals surface area contributed by atoms with Crippen molar-refractivity contribution in [1.82, 2.24) is 9.78 Å². The minimum atomic E-state index is -0.954. The number of nitrogen functional groups attached to an aromatic ring is 1. The Kier molecular flexibility index (Phi) is 6.38. The number of carbonyl (C=O) groups excluding carboxylic acids is 1. The Bertz CT molecular complexity index is 1300. The van der Waals surface area contributed by atoms with Gasteiger partial charge in [0, 0.05) is 12.1 Å². The summed E-state index contributed by atoms with van der Waals surface area (Å²) in [5.74, 6) is -0.747. The van der Waals surface area contributed by atoms with Crippen LogP contribution in [0.5, 0.6) is 0 Å². The Morgan fingerprint density at radius 1 is 1.06 bits per heavy atom. The van der Waals surface area contributed by atoms with E-state index in [1.165, 1.54) is 12.1 Å². The second-order valence-electron chi connectivity index (χ2n) is 8.13. The van der Waals surface area contributed by atoms with Crippen LogP contribution in [0.3, 0.4) is 0 Å². The van der Waals surface area contributed by atoms with Crippen LogP contribution in [0.25, 0.3) is 5.69 Å². The summed E-state index contributed by atoms with van der Waals surface area (Å²) in [5.41, 5.74) is 10.7. The van der Waals surface area contributed by atoms with E-state index in [1.54, 1.807) is 41.1 Å². The number of rotatable bonds is 7. The van der Waals surface area contributed by atoms with Crippen molar-refractivity contribution in [2.45, 2.75) is 32.8 Å². The van der Waals surface area contributed by atoms with Crippen molar-refractivity contribution in [2.24, 2.45) is 0 Å². The number of anilines is 1. The van der Waals surface area contributed by atoms with Crippen molar-refractivity contribution in [3.8, 4) is 5.69 Å². The van der Waals surface area contributed by atoms with E-state index < -0.39 is 11.9 Å². The van der Waals surface area contributed by atoms with Crippen molar-refractivity contribution >= 4 is 11.5 Å². The molecule has 3 aromatic carbocycles. The maximum Gasteiger partial charge on any atom is 0.185 e. The highest BCUT2D eigenvalue weighted by Gasteiger charge is 2.19. The molecule has 0 radical (unpaired) electrons. The molecule has 4 aromatic rings. The zero-order chi connectivity index (χ0) is 23.5. The Morgan fingerprint density at radius 2 is 1.79 bits per heavy atom. The number of ketones is 1. The lowest BCUT2D eigenvalue weighted by Crippen LogP contribution is -2.13. The van der Waals surface area contributed by atoms with Crippen LogP contribution in [0, 0.1) is 12.7 Å². The smallest absolute Gasteiger partial charge is 0.185 e. The molecule has 1 heterocycles. The Morgan fingerprint density at radius 3 is 2.52 bits per heavy atom. The number of benzene rings is 3. The molecule has 1 aromatic heterocycles. The summed E-state index contributed by atoms with van der Waals surface area (Å²) < 4.78 is 16.2. The van der Waals surface area contributed by atoms with Crippen LogP contribution in [0.15, 0.2) is 72.8 Å². The number of aryl methyl sites for hydroxylation is 2. The molecule has 0 aliphatic rings. The zero-order valence-corrected chi connectivity index (χ0v) is 18.6. The maximum absolute atomic E-state index is 14.6. The zero-order valence-electron chi connectivity index (χ0n) is 18.6. The number of carbonyl (C=O) groups is 1. The van der Waals surface area contributed by atoms with Crippen molar-refractivity contribution in [2.75, 3.05) is 5.73 Å². The van der Waals surface area contributed by atoms with Gasteiger partial charge in [0.2, 0.25) is 0 Å². The molecule has 0 aliphatic heterocycles. The number of nitrogens with two attached hydrogens (primary N) is 1. The van der Waals surface area contributed by atoms with Gasteiger partial charge in [-0.1, -0.05) is 37.3 Å². The average Bonchev–Trinajstić information content (AvgIpc) is 3.22. The van der Waals surface area contributed by atoms with E-state index in [1.807, 2.05) is 31.2 Å². The van der Waals surface area contributed by atoms with Gasteiger partial charge in [0.05, 0.1) is 11.4 Å². The minimum Gasteiger partial charge on any atom is -0.399 e. The quantitative estimate of drug-likeness (QED) is 0.312. The summed E-state index contributed by atoms with van der Waals surface area (Å²) in [4.78, 5) is 13.2. The first-order valence-corrected chi connectivity index (χ1v) is 10.9. The number of aliphatic hydroxyl groups excluding tert-OH is 1. The Labute approximate surface area is 192 Å². The summed E-state index contributed by atoms with van der Waals surface area (Å²) in [5, 5.41) is 15.2. The van der Waals surface area contributed by atoms with Gasteiger partial charge in [0.1, 0.15) is 17.6 Å². The van der Waals surface area contributed by atoms with Gasteiger partial charge in [-0.3, -0.25) is 4.79 Å². The SMILES string of the molecule is CCc1cccc(-n2nc(C)cc2C(=O)Cc2cc(C(O)c3ccc(N)cc3)ccc2F)c1. The number of hydrogen-bond acceptors (Lipinski definition) is 4. The highest BCUT2D eigenvalue weighted by atomic mass is 19.1. The molecule has 0 aliphatic carbocycles. The third-order valence-electron chi connectivity index (χ3n) is 5.67. The second kappa shape index (κ2) is 9.38. The number of aromatic nitrogens is 2. The molecule has 1 atom stereocenters. The van der Waals surface area contributed by atoms with Crippen LogP contribution in [-0.4, -0.2) is 20.7 Å². The van der Waals surface area contributed by atoms with Crippen LogP contribution in [0.1, 0.15) is 51.5 Å². The van der Waals surface area contributed by atoms with E-state index in [4.69, 9.17) is 5.73 Å². The summed E-state index contributed by atoms with van der Waals surface area (Å²) in [6.07, 6.45) is -0.233. The fraction of sp³-hybridized carbons (Fsp3) is 0.185. The molecule has 0 saturated carbocycles. The van der Waals surface area contributed by atoms with Gasteiger partial charge in [-0.25, -0.2) is 9.07 Å². The van der Waals surface area contributed by atoms with Gasteiger partial charge >= 0.3 is 0 Å². The van der Waals surface area contributed by atoms with Gasteiger partial charge in [0.15, 0.2) is 5.78 Å². The summed E-state index contributed by atoms with van der Waals surface area (Å²) in [6, 6.07) is 20.7.